The van der Waals surface area contributed by atoms with Gasteiger partial charge in [0.05, 0.1) is 22.0 Å². The van der Waals surface area contributed by atoms with Gasteiger partial charge in [-0.15, -0.1) is 0 Å². The molecule has 1 amide bonds. The topological polar surface area (TPSA) is 109 Å². The van der Waals surface area contributed by atoms with Crippen LogP contribution in [0.2, 0.25) is 0 Å². The zero-order valence-corrected chi connectivity index (χ0v) is 23.1. The number of pyridine rings is 1. The lowest BCUT2D eigenvalue weighted by Crippen LogP contribution is -2.37. The van der Waals surface area contributed by atoms with Crippen LogP contribution in [0.5, 0.6) is 0 Å². The van der Waals surface area contributed by atoms with Crippen molar-refractivity contribution in [3.8, 4) is 11.3 Å². The number of nitrogens with one attached hydrogen (secondary N) is 3. The van der Waals surface area contributed by atoms with Crippen LogP contribution >= 0.6 is 23.1 Å². The van der Waals surface area contributed by atoms with E-state index in [-0.39, 0.29) is 16.9 Å². The molecule has 0 aliphatic heterocycles. The third-order valence-corrected chi connectivity index (χ3v) is 7.17. The molecule has 37 heavy (non-hydrogen) atoms. The van der Waals surface area contributed by atoms with Crippen molar-refractivity contribution in [3.05, 3.63) is 63.6 Å². The lowest BCUT2D eigenvalue weighted by atomic mass is 9.91. The quantitative estimate of drug-likeness (QED) is 0.240. The molecule has 3 N–H and O–H groups in total. The Balaban J connectivity index is 0.00000186. The molecule has 0 saturated heterocycles. The lowest BCUT2D eigenvalue weighted by molar-refractivity contribution is -0.116. The molecule has 0 bridgehead atoms. The molecule has 0 radical (unpaired) electrons. The molecule has 3 aromatic rings. The summed E-state index contributed by atoms with van der Waals surface area (Å²) in [6.07, 6.45) is 7.37. The first-order valence-electron chi connectivity index (χ1n) is 12.5. The van der Waals surface area contributed by atoms with Crippen LogP contribution < -0.4 is 16.0 Å². The highest BCUT2D eigenvalue weighted by molar-refractivity contribution is 8.16. The van der Waals surface area contributed by atoms with Crippen molar-refractivity contribution in [1.82, 2.24) is 25.6 Å². The zero-order chi connectivity index (χ0) is 26.5. The number of hydrogen-bond acceptors (Lipinski definition) is 9. The minimum Gasteiger partial charge on any atom is -0.355 e. The van der Waals surface area contributed by atoms with Crippen LogP contribution in [-0.4, -0.2) is 45.6 Å². The molecule has 0 spiro atoms. The van der Waals surface area contributed by atoms with E-state index in [1.807, 2.05) is 13.8 Å². The molecule has 4 rings (SSSR count). The maximum absolute atomic E-state index is 11.9. The molecule has 8 nitrogen and oxygen atoms in total. The summed E-state index contributed by atoms with van der Waals surface area (Å²) in [5, 5.41) is 13.8. The van der Waals surface area contributed by atoms with Gasteiger partial charge < -0.3 is 16.0 Å². The standard InChI is InChI=1S/C25H28N6O2S2.C2H6/c1-26-24(33)23(35-16-32)13-20-9-11-27-25(31-20)30-19-7-5-18(6-8-19)28-14-21-3-2-4-22(29-21)17-10-12-34-15-17;1-2/h2-4,9-13,15-16,18-19,28H,5-8,14H2,1H3,(H,26,33)(H,27,30,31);1-2H3/b23-13-;. The Labute approximate surface area is 226 Å². The van der Waals surface area contributed by atoms with Gasteiger partial charge in [0.15, 0.2) is 5.62 Å². The third kappa shape index (κ3) is 8.77. The second-order valence-electron chi connectivity index (χ2n) is 8.21. The molecule has 3 aromatic heterocycles. The van der Waals surface area contributed by atoms with Crippen molar-refractivity contribution < 1.29 is 9.59 Å². The fraction of sp³-hybridized carbons (Fsp3) is 0.370. The van der Waals surface area contributed by atoms with E-state index in [1.165, 1.54) is 7.05 Å². The van der Waals surface area contributed by atoms with Gasteiger partial charge in [-0.2, -0.15) is 11.3 Å². The third-order valence-electron chi connectivity index (χ3n) is 5.84. The largest absolute Gasteiger partial charge is 0.355 e. The van der Waals surface area contributed by atoms with Crippen LogP contribution in [0.1, 0.15) is 50.9 Å². The van der Waals surface area contributed by atoms with Gasteiger partial charge in [0, 0.05) is 42.8 Å². The van der Waals surface area contributed by atoms with Crippen molar-refractivity contribution in [1.29, 1.82) is 0 Å². The minimum atomic E-state index is -0.325. The van der Waals surface area contributed by atoms with Gasteiger partial charge in [0.1, 0.15) is 0 Å². The van der Waals surface area contributed by atoms with E-state index in [0.29, 0.717) is 23.3 Å². The molecule has 0 atom stereocenters. The number of carbonyl (C=O) groups excluding carboxylic acids is 2. The van der Waals surface area contributed by atoms with Crippen LogP contribution in [-0.2, 0) is 16.1 Å². The molecule has 1 aliphatic rings. The maximum Gasteiger partial charge on any atom is 0.257 e. The molecular formula is C27H34N6O2S2. The summed E-state index contributed by atoms with van der Waals surface area (Å²) in [6.45, 7) is 4.75. The van der Waals surface area contributed by atoms with Crippen molar-refractivity contribution in [3.63, 3.8) is 0 Å². The number of carbonyl (C=O) groups is 2. The van der Waals surface area contributed by atoms with E-state index in [1.54, 1.807) is 29.7 Å². The Bertz CT molecular complexity index is 1160. The number of rotatable bonds is 10. The SMILES string of the molecule is CC.CNC(=O)/C(=C/c1ccnc(NC2CCC(NCc3cccc(-c4ccsc4)n3)CC2)n1)SC=O. The summed E-state index contributed by atoms with van der Waals surface area (Å²) in [7, 11) is 1.53. The fourth-order valence-electron chi connectivity index (χ4n) is 4.01. The molecule has 10 heteroatoms. The van der Waals surface area contributed by atoms with Gasteiger partial charge >= 0.3 is 0 Å². The fourth-order valence-corrected chi connectivity index (χ4v) is 5.16. The Hall–Kier alpha value is -3.08. The first-order valence-corrected chi connectivity index (χ1v) is 14.3. The predicted octanol–water partition coefficient (Wildman–Crippen LogP) is 5.15. The molecule has 3 heterocycles. The number of nitrogens with zero attached hydrogens (tertiary/aromatic N) is 3. The highest BCUT2D eigenvalue weighted by atomic mass is 32.2. The summed E-state index contributed by atoms with van der Waals surface area (Å²) in [5.74, 6) is 0.200. The highest BCUT2D eigenvalue weighted by Gasteiger charge is 2.21. The number of amides is 1. The maximum atomic E-state index is 11.9. The smallest absolute Gasteiger partial charge is 0.257 e. The van der Waals surface area contributed by atoms with Crippen LogP contribution in [0.15, 0.2) is 52.2 Å². The van der Waals surface area contributed by atoms with Gasteiger partial charge in [-0.25, -0.2) is 9.97 Å². The zero-order valence-electron chi connectivity index (χ0n) is 21.4. The number of anilines is 1. The average Bonchev–Trinajstić information content (AvgIpc) is 3.49. The Morgan fingerprint density at radius 3 is 2.59 bits per heavy atom. The number of thioether (sulfide) groups is 1. The van der Waals surface area contributed by atoms with E-state index in [4.69, 9.17) is 4.98 Å². The van der Waals surface area contributed by atoms with E-state index >= 15 is 0 Å². The highest BCUT2D eigenvalue weighted by Crippen LogP contribution is 2.23. The van der Waals surface area contributed by atoms with Crippen LogP contribution in [0, 0.1) is 0 Å². The molecule has 0 unspecified atom stereocenters. The van der Waals surface area contributed by atoms with Crippen molar-refractivity contribution >= 4 is 46.6 Å². The van der Waals surface area contributed by atoms with Gasteiger partial charge in [-0.1, -0.05) is 19.9 Å². The normalized spacial score (nSPS) is 17.3. The van der Waals surface area contributed by atoms with E-state index < -0.39 is 0 Å². The van der Waals surface area contributed by atoms with Gasteiger partial charge in [-0.3, -0.25) is 14.6 Å². The Morgan fingerprint density at radius 2 is 1.89 bits per heavy atom. The summed E-state index contributed by atoms with van der Waals surface area (Å²) >= 11 is 2.51. The molecule has 1 saturated carbocycles. The van der Waals surface area contributed by atoms with Crippen LogP contribution in [0.4, 0.5) is 5.95 Å². The lowest BCUT2D eigenvalue weighted by Gasteiger charge is -2.29. The summed E-state index contributed by atoms with van der Waals surface area (Å²) in [5.41, 5.74) is 4.43. The summed E-state index contributed by atoms with van der Waals surface area (Å²) in [4.78, 5) is 36.7. The summed E-state index contributed by atoms with van der Waals surface area (Å²) < 4.78 is 0. The van der Waals surface area contributed by atoms with Crippen LogP contribution in [0.3, 0.4) is 0 Å². The molecule has 0 aromatic carbocycles. The van der Waals surface area contributed by atoms with Gasteiger partial charge in [0.2, 0.25) is 5.95 Å². The number of aromatic nitrogens is 3. The number of hydrogen-bond donors (Lipinski definition) is 3. The van der Waals surface area contributed by atoms with Crippen molar-refractivity contribution in [2.75, 3.05) is 12.4 Å². The van der Waals surface area contributed by atoms with Gasteiger partial charge in [0.25, 0.3) is 5.91 Å². The number of likely N-dealkylation sites (N-methyl/N-ethyl adjacent to an activating group) is 1. The average molecular weight is 539 g/mol. The number of thiophene rings is 1. The Morgan fingerprint density at radius 1 is 1.11 bits per heavy atom. The van der Waals surface area contributed by atoms with E-state index in [2.05, 4.69) is 60.9 Å². The van der Waals surface area contributed by atoms with Gasteiger partial charge in [-0.05, 0) is 73.2 Å². The summed E-state index contributed by atoms with van der Waals surface area (Å²) in [6, 6.07) is 10.7. The van der Waals surface area contributed by atoms with E-state index in [9.17, 15) is 9.59 Å². The molecule has 1 aliphatic carbocycles. The van der Waals surface area contributed by atoms with Crippen molar-refractivity contribution in [2.24, 2.45) is 0 Å². The predicted molar refractivity (Wildman–Crippen MR) is 154 cm³/mol. The Kier molecular flexibility index (Phi) is 11.7. The van der Waals surface area contributed by atoms with Crippen molar-refractivity contribution in [2.45, 2.75) is 58.2 Å². The minimum absolute atomic E-state index is 0.286. The van der Waals surface area contributed by atoms with E-state index in [0.717, 1.165) is 60.9 Å². The molecular weight excluding hydrogens is 504 g/mol. The molecule has 196 valence electrons. The molecule has 1 fully saturated rings. The monoisotopic (exact) mass is 538 g/mol. The van der Waals surface area contributed by atoms with Crippen LogP contribution in [0.25, 0.3) is 17.3 Å². The second-order valence-corrected chi connectivity index (χ2v) is 9.85. The first-order chi connectivity index (χ1) is 18.1. The first kappa shape index (κ1) is 28.5. The second kappa shape index (κ2) is 15.2.